The highest BCUT2D eigenvalue weighted by Crippen LogP contribution is 2.91. The molecule has 2 heteroatoms. The number of benzene rings is 16. The van der Waals surface area contributed by atoms with Gasteiger partial charge in [0.25, 0.3) is 0 Å². The van der Waals surface area contributed by atoms with Gasteiger partial charge in [-0.2, -0.15) is 0 Å². The van der Waals surface area contributed by atoms with Crippen molar-refractivity contribution in [1.82, 2.24) is 0 Å². The maximum atomic E-state index is 2.69. The minimum atomic E-state index is -0.108. The quantitative estimate of drug-likeness (QED) is 0.105. The Morgan fingerprint density at radius 3 is 0.571 bits per heavy atom. The standard InChI is InChI=1S/C68H20N2/c1-69(2)5-65-57-45-37-29-21-13-10-9-11-16-20-14(9)22-18-12(10)15-19(13)31(37)39-33-24(15)28-26(18)36-30(22)38-32(20)40-34-23(16)27-25(17(11)21)35(29)49(57)51-41(27)44(34)54-55(61(51)65)64-63-56-53(59(47(39)45)67(63,65)7-69)43(33)42(28)52-50(36)58-46(38)48(40)60(54)68(64)8-70(3,4)6-66(58,68)62(52)56/h5-8H2,1-4H3/q+2. The van der Waals surface area contributed by atoms with Crippen LogP contribution in [0.4, 0.5) is 0 Å². The molecule has 0 amide bonds. The third-order valence-corrected chi connectivity index (χ3v) is 27.5. The van der Waals surface area contributed by atoms with E-state index in [1.807, 2.05) is 55.7 Å². The second-order valence-corrected chi connectivity index (χ2v) is 29.1. The summed E-state index contributed by atoms with van der Waals surface area (Å²) in [5.41, 5.74) is 18.2. The minimum absolute atomic E-state index is 0.107. The van der Waals surface area contributed by atoms with E-state index in [2.05, 4.69) is 28.2 Å². The second-order valence-electron chi connectivity index (χ2n) is 29.1. The minimum Gasteiger partial charge on any atom is -0.326 e. The van der Waals surface area contributed by atoms with Crippen molar-refractivity contribution in [1.29, 1.82) is 0 Å². The van der Waals surface area contributed by atoms with Gasteiger partial charge in [0.05, 0.1) is 76.0 Å². The first kappa shape index (κ1) is 26.6. The molecule has 0 N–H and O–H groups in total. The van der Waals surface area contributed by atoms with E-state index >= 15 is 0 Å². The SMILES string of the molecule is C[N+]1(C)CC23C4=C5c6c7c8c9c(c%10c%11c2c2c4c4c%12c%13c%14c%15c%16c(c6c6c8c8c%17c9c9c%10c%10c%11c%11c2c%12c2c%12c%13c%13c%15c%15c%16c6c8c6c%15c8c%13c%12c%12c(c%112)c%10c2c9c%17c6c8c2%12)C52C[N+](C)(C)CC4%142)C73C1. The molecule has 4 spiro atoms. The summed E-state index contributed by atoms with van der Waals surface area (Å²) in [5, 5.41) is 79.3. The Labute approximate surface area is 386 Å². The maximum absolute atomic E-state index is 2.69. The molecule has 4 atom stereocenters. The zero-order valence-corrected chi connectivity index (χ0v) is 37.7. The number of nitrogens with zero attached hydrogens (tertiary/aromatic N) is 2. The third-order valence-electron chi connectivity index (χ3n) is 27.5. The maximum Gasteiger partial charge on any atom is 0.0937 e. The van der Waals surface area contributed by atoms with E-state index in [0.717, 1.165) is 8.97 Å². The molecule has 2 nitrogen and oxygen atoms in total. The number of quaternary nitrogens is 2. The summed E-state index contributed by atoms with van der Waals surface area (Å²) in [4.78, 5) is 0. The van der Waals surface area contributed by atoms with Gasteiger partial charge in [-0.05, 0) is 303 Å². The van der Waals surface area contributed by atoms with Gasteiger partial charge in [0.2, 0.25) is 0 Å². The summed E-state index contributed by atoms with van der Waals surface area (Å²) in [5.74, 6) is 0. The lowest BCUT2D eigenvalue weighted by Gasteiger charge is -2.54. The van der Waals surface area contributed by atoms with Gasteiger partial charge in [0.1, 0.15) is 0 Å². The van der Waals surface area contributed by atoms with E-state index < -0.39 is 0 Å². The number of rotatable bonds is 0. The molecule has 2 saturated heterocycles. The Morgan fingerprint density at radius 2 is 0.343 bits per heavy atom. The van der Waals surface area contributed by atoms with Gasteiger partial charge in [-0.3, -0.25) is 0 Å². The lowest BCUT2D eigenvalue weighted by atomic mass is 9.43. The number of likely N-dealkylation sites (N-methyl/N-ethyl adjacent to an activating group) is 2. The van der Waals surface area contributed by atoms with Crippen LogP contribution >= 0.6 is 0 Å². The Morgan fingerprint density at radius 1 is 0.186 bits per heavy atom. The van der Waals surface area contributed by atoms with Crippen LogP contribution in [0.15, 0.2) is 0 Å². The fourth-order valence-corrected chi connectivity index (χ4v) is 28.5. The molecule has 2 heterocycles. The van der Waals surface area contributed by atoms with E-state index in [0.29, 0.717) is 0 Å². The van der Waals surface area contributed by atoms with Gasteiger partial charge in [0, 0.05) is 0 Å². The zero-order chi connectivity index (χ0) is 42.2. The average molecular weight is 865 g/mol. The van der Waals surface area contributed by atoms with E-state index in [4.69, 9.17) is 0 Å². The molecule has 0 saturated carbocycles. The molecule has 8 aliphatic carbocycles. The predicted molar refractivity (Wildman–Crippen MR) is 291 cm³/mol. The molecule has 2 fully saturated rings. The van der Waals surface area contributed by atoms with E-state index in [-0.39, 0.29) is 21.7 Å². The highest BCUT2D eigenvalue weighted by Gasteiger charge is 2.85. The summed E-state index contributed by atoms with van der Waals surface area (Å²) in [7, 11) is 10.8. The Balaban J connectivity index is 1.20. The summed E-state index contributed by atoms with van der Waals surface area (Å²) in [6.45, 7) is 4.83. The van der Waals surface area contributed by atoms with Crippen LogP contribution in [0.3, 0.4) is 0 Å². The Hall–Kier alpha value is -7.36. The molecule has 0 aromatic heterocycles. The van der Waals surface area contributed by atoms with Gasteiger partial charge >= 0.3 is 0 Å². The van der Waals surface area contributed by atoms with Gasteiger partial charge in [0.15, 0.2) is 0 Å². The summed E-state index contributed by atoms with van der Waals surface area (Å²) in [6, 6.07) is 0. The molecule has 300 valence electrons. The van der Waals surface area contributed by atoms with Crippen LogP contribution < -0.4 is 0 Å². The molecule has 2 aliphatic heterocycles. The largest absolute Gasteiger partial charge is 0.326 e. The Bertz CT molecular complexity index is 6780. The van der Waals surface area contributed by atoms with Crippen molar-refractivity contribution in [3.63, 3.8) is 0 Å². The molecular weight excluding hydrogens is 845 g/mol. The number of hydrogen-bond donors (Lipinski definition) is 0. The van der Waals surface area contributed by atoms with Crippen LogP contribution in [0.1, 0.15) is 44.5 Å². The lowest BCUT2D eigenvalue weighted by molar-refractivity contribution is -0.880. The molecular formula is C68H20N2+2. The molecule has 70 heavy (non-hydrogen) atoms. The summed E-state index contributed by atoms with van der Waals surface area (Å²) < 4.78 is 2.18. The van der Waals surface area contributed by atoms with Crippen molar-refractivity contribution in [2.45, 2.75) is 21.7 Å². The fourth-order valence-electron chi connectivity index (χ4n) is 28.5. The topological polar surface area (TPSA) is 0 Å². The normalized spacial score (nSPS) is 30.2. The van der Waals surface area contributed by atoms with Crippen molar-refractivity contribution in [2.75, 3.05) is 54.4 Å². The predicted octanol–water partition coefficient (Wildman–Crippen LogP) is 15.0. The van der Waals surface area contributed by atoms with Crippen LogP contribution in [0.2, 0.25) is 0 Å². The first-order valence-electron chi connectivity index (χ1n) is 27.0. The van der Waals surface area contributed by atoms with E-state index in [1.54, 1.807) is 248 Å². The molecule has 24 aromatic carbocycles. The van der Waals surface area contributed by atoms with E-state index in [9.17, 15) is 0 Å². The lowest BCUT2D eigenvalue weighted by Crippen LogP contribution is -2.57. The van der Waals surface area contributed by atoms with Crippen LogP contribution in [0, 0.1) is 0 Å². The zero-order valence-electron chi connectivity index (χ0n) is 37.7. The van der Waals surface area contributed by atoms with Crippen molar-refractivity contribution in [2.24, 2.45) is 0 Å². The molecule has 34 rings (SSSR count). The van der Waals surface area contributed by atoms with Crippen molar-refractivity contribution < 1.29 is 8.97 Å². The van der Waals surface area contributed by atoms with E-state index in [1.165, 1.54) is 26.2 Å². The van der Waals surface area contributed by atoms with Crippen LogP contribution in [0.5, 0.6) is 0 Å². The monoisotopic (exact) mass is 864 g/mol. The highest BCUT2D eigenvalue weighted by atomic mass is 15.4. The summed E-state index contributed by atoms with van der Waals surface area (Å²) in [6.07, 6.45) is 0. The first-order valence-corrected chi connectivity index (χ1v) is 27.0. The molecule has 10 aliphatic rings. The average Bonchev–Trinajstić information content (AvgIpc) is 4.31. The second kappa shape index (κ2) is 5.63. The van der Waals surface area contributed by atoms with Gasteiger partial charge < -0.3 is 8.97 Å². The fraction of sp³-hybridized carbons (Fsp3) is 0.176. The number of hydrogen-bond acceptors (Lipinski definition) is 0. The smallest absolute Gasteiger partial charge is 0.0937 e. The van der Waals surface area contributed by atoms with Crippen LogP contribution in [-0.2, 0) is 21.7 Å². The first-order chi connectivity index (χ1) is 34.3. The molecule has 4 unspecified atom stereocenters. The number of likely N-dealkylation sites (tertiary alicyclic amines) is 2. The molecule has 0 radical (unpaired) electrons. The Kier molecular flexibility index (Phi) is 2.14. The van der Waals surface area contributed by atoms with Crippen LogP contribution in [0.25, 0.3) is 259 Å². The van der Waals surface area contributed by atoms with Gasteiger partial charge in [-0.25, -0.2) is 0 Å². The van der Waals surface area contributed by atoms with Crippen molar-refractivity contribution >= 4 is 259 Å². The molecule has 0 bridgehead atoms. The molecule has 24 aromatic rings. The van der Waals surface area contributed by atoms with Gasteiger partial charge in [-0.1, -0.05) is 0 Å². The highest BCUT2D eigenvalue weighted by molar-refractivity contribution is 6.79. The summed E-state index contributed by atoms with van der Waals surface area (Å²) >= 11 is 0. The van der Waals surface area contributed by atoms with Crippen LogP contribution in [-0.4, -0.2) is 63.3 Å². The van der Waals surface area contributed by atoms with Gasteiger partial charge in [-0.15, -0.1) is 0 Å². The third kappa shape index (κ3) is 1.33. The van der Waals surface area contributed by atoms with Crippen molar-refractivity contribution in [3.8, 4) is 0 Å². The van der Waals surface area contributed by atoms with Crippen molar-refractivity contribution in [3.05, 3.63) is 44.5 Å².